The maximum absolute atomic E-state index is 13.3. The number of aromatic hydroxyl groups is 1. The molecule has 1 atom stereocenters. The number of aliphatic hydroxyl groups is 1. The molecule has 0 radical (unpaired) electrons. The number of hydrogen-bond donors (Lipinski definition) is 2. The number of methoxy groups -OCH3 is 1. The molecule has 2 N–H and O–H groups in total. The van der Waals surface area contributed by atoms with Gasteiger partial charge in [0.2, 0.25) is 0 Å². The second kappa shape index (κ2) is 9.50. The number of amides is 1. The van der Waals surface area contributed by atoms with Crippen LogP contribution in [0.3, 0.4) is 0 Å². The molecule has 4 rings (SSSR count). The lowest BCUT2D eigenvalue weighted by molar-refractivity contribution is -0.140. The molecule has 2 heterocycles. The van der Waals surface area contributed by atoms with Crippen molar-refractivity contribution in [1.29, 1.82) is 0 Å². The van der Waals surface area contributed by atoms with Gasteiger partial charge in [-0.1, -0.05) is 31.5 Å². The van der Waals surface area contributed by atoms with E-state index in [9.17, 15) is 19.8 Å². The summed E-state index contributed by atoms with van der Waals surface area (Å²) >= 11 is 6.16. The van der Waals surface area contributed by atoms with Crippen LogP contribution < -0.4 is 4.74 Å². The van der Waals surface area contributed by atoms with E-state index in [-0.39, 0.29) is 34.6 Å². The molecule has 1 aliphatic rings. The second-order valence-electron chi connectivity index (χ2n) is 8.78. The zero-order valence-electron chi connectivity index (χ0n) is 19.8. The van der Waals surface area contributed by atoms with Gasteiger partial charge in [0.05, 0.1) is 36.6 Å². The first-order chi connectivity index (χ1) is 16.6. The van der Waals surface area contributed by atoms with E-state index in [1.54, 1.807) is 44.4 Å². The highest BCUT2D eigenvalue weighted by Gasteiger charge is 2.46. The number of ether oxygens (including phenoxy) is 1. The Labute approximate surface area is 208 Å². The van der Waals surface area contributed by atoms with Gasteiger partial charge >= 0.3 is 0 Å². The van der Waals surface area contributed by atoms with Gasteiger partial charge < -0.3 is 24.3 Å². The number of likely N-dealkylation sites (tertiary alicyclic amines) is 1. The molecule has 1 unspecified atom stereocenters. The van der Waals surface area contributed by atoms with Crippen molar-refractivity contribution in [1.82, 2.24) is 4.90 Å². The number of phenols is 1. The average molecular weight is 496 g/mol. The Balaban J connectivity index is 1.94. The number of benzene rings is 2. The first kappa shape index (κ1) is 24.4. The number of carbonyl (C=O) groups excluding carboxylic acids is 2. The van der Waals surface area contributed by atoms with Gasteiger partial charge in [-0.15, -0.1) is 0 Å². The highest BCUT2D eigenvalue weighted by atomic mass is 35.5. The van der Waals surface area contributed by atoms with Crippen molar-refractivity contribution < 1.29 is 29.0 Å². The number of aliphatic hydroxyl groups excluding tert-OH is 1. The fraction of sp³-hybridized carbons (Fsp3) is 0.259. The van der Waals surface area contributed by atoms with Gasteiger partial charge in [-0.2, -0.15) is 0 Å². The largest absolute Gasteiger partial charge is 0.507 e. The van der Waals surface area contributed by atoms with Crippen molar-refractivity contribution >= 4 is 29.1 Å². The number of rotatable bonds is 6. The summed E-state index contributed by atoms with van der Waals surface area (Å²) in [6, 6.07) is 10.5. The minimum absolute atomic E-state index is 0.0103. The smallest absolute Gasteiger partial charge is 0.296 e. The minimum Gasteiger partial charge on any atom is -0.507 e. The van der Waals surface area contributed by atoms with Crippen molar-refractivity contribution in [3.05, 3.63) is 87.3 Å². The number of nitrogens with zero attached hydrogens (tertiary/aromatic N) is 1. The monoisotopic (exact) mass is 495 g/mol. The van der Waals surface area contributed by atoms with Crippen LogP contribution in [0.5, 0.6) is 11.5 Å². The summed E-state index contributed by atoms with van der Waals surface area (Å²) in [6.45, 7) is 5.80. The standard InChI is InChI=1S/C27H26ClNO6/c1-14(2)18-12-19(15(3)10-22(18)34-4)25(31)23-24(16-7-8-21(30)20(28)11-16)29(27(33)26(23)32)13-17-6-5-9-35-17/h5-12,14,24,30-31H,13H2,1-4H3/b25-23+. The van der Waals surface area contributed by atoms with Crippen LogP contribution in [-0.4, -0.2) is 33.9 Å². The Kier molecular flexibility index (Phi) is 6.63. The lowest BCUT2D eigenvalue weighted by Gasteiger charge is -2.25. The van der Waals surface area contributed by atoms with Gasteiger partial charge in [-0.25, -0.2) is 0 Å². The van der Waals surface area contributed by atoms with Gasteiger partial charge in [0.25, 0.3) is 11.7 Å². The first-order valence-electron chi connectivity index (χ1n) is 11.1. The molecule has 1 amide bonds. The van der Waals surface area contributed by atoms with Crippen LogP contribution in [0.25, 0.3) is 5.76 Å². The van der Waals surface area contributed by atoms with Crippen molar-refractivity contribution in [2.75, 3.05) is 7.11 Å². The number of Topliss-reactive ketones (excluding diaryl/α,β-unsaturated/α-hetero) is 1. The van der Waals surface area contributed by atoms with Crippen LogP contribution in [0.1, 0.15) is 53.8 Å². The van der Waals surface area contributed by atoms with E-state index in [1.807, 2.05) is 13.8 Å². The molecule has 1 aromatic heterocycles. The van der Waals surface area contributed by atoms with Crippen molar-refractivity contribution in [3.63, 3.8) is 0 Å². The van der Waals surface area contributed by atoms with E-state index < -0.39 is 17.7 Å². The average Bonchev–Trinajstić information content (AvgIpc) is 3.42. The van der Waals surface area contributed by atoms with Crippen molar-refractivity contribution in [2.24, 2.45) is 0 Å². The molecule has 0 spiro atoms. The highest BCUT2D eigenvalue weighted by molar-refractivity contribution is 6.46. The maximum atomic E-state index is 13.3. The molecular formula is C27H26ClNO6. The van der Waals surface area contributed by atoms with Crippen LogP contribution in [0.2, 0.25) is 5.02 Å². The quantitative estimate of drug-likeness (QED) is 0.258. The second-order valence-corrected chi connectivity index (χ2v) is 9.19. The summed E-state index contributed by atoms with van der Waals surface area (Å²) < 4.78 is 10.9. The number of halogens is 1. The third kappa shape index (κ3) is 4.39. The van der Waals surface area contributed by atoms with Gasteiger partial charge in [0.1, 0.15) is 23.0 Å². The lowest BCUT2D eigenvalue weighted by atomic mass is 9.91. The molecule has 0 saturated carbocycles. The predicted octanol–water partition coefficient (Wildman–Crippen LogP) is 5.70. The van der Waals surface area contributed by atoms with Gasteiger partial charge in [0.15, 0.2) is 0 Å². The number of ketones is 1. The third-order valence-corrected chi connectivity index (χ3v) is 6.49. The molecule has 1 fully saturated rings. The number of furan rings is 1. The molecular weight excluding hydrogens is 470 g/mol. The first-order valence-corrected chi connectivity index (χ1v) is 11.5. The van der Waals surface area contributed by atoms with Gasteiger partial charge in [0, 0.05) is 5.56 Å². The molecule has 182 valence electrons. The zero-order valence-corrected chi connectivity index (χ0v) is 20.6. The number of hydrogen-bond acceptors (Lipinski definition) is 6. The number of aryl methyl sites for hydroxylation is 1. The fourth-order valence-corrected chi connectivity index (χ4v) is 4.57. The van der Waals surface area contributed by atoms with Crippen LogP contribution in [0.15, 0.2) is 58.7 Å². The van der Waals surface area contributed by atoms with Crippen LogP contribution in [-0.2, 0) is 16.1 Å². The molecule has 1 aliphatic heterocycles. The maximum Gasteiger partial charge on any atom is 0.296 e. The minimum atomic E-state index is -0.942. The summed E-state index contributed by atoms with van der Waals surface area (Å²) in [5.74, 6) is -0.770. The van der Waals surface area contributed by atoms with Gasteiger partial charge in [-0.3, -0.25) is 9.59 Å². The van der Waals surface area contributed by atoms with Crippen molar-refractivity contribution in [2.45, 2.75) is 39.3 Å². The Morgan fingerprint density at radius 3 is 2.54 bits per heavy atom. The topological polar surface area (TPSA) is 100 Å². The van der Waals surface area contributed by atoms with Crippen LogP contribution in [0, 0.1) is 6.92 Å². The normalized spacial score (nSPS) is 17.4. The SMILES string of the molecule is COc1cc(C)c(/C(O)=C2\C(=O)C(=O)N(Cc3ccco3)C2c2ccc(O)c(Cl)c2)cc1C(C)C. The number of carbonyl (C=O) groups is 2. The highest BCUT2D eigenvalue weighted by Crippen LogP contribution is 2.43. The predicted molar refractivity (Wildman–Crippen MR) is 131 cm³/mol. The molecule has 35 heavy (non-hydrogen) atoms. The molecule has 1 saturated heterocycles. The third-order valence-electron chi connectivity index (χ3n) is 6.19. The van der Waals surface area contributed by atoms with Crippen LogP contribution in [0.4, 0.5) is 0 Å². The molecule has 0 bridgehead atoms. The zero-order chi connectivity index (χ0) is 25.4. The molecule has 7 nitrogen and oxygen atoms in total. The van der Waals surface area contributed by atoms with Crippen LogP contribution >= 0.6 is 11.6 Å². The summed E-state index contributed by atoms with van der Waals surface area (Å²) in [6.07, 6.45) is 1.48. The molecule has 0 aliphatic carbocycles. The Bertz CT molecular complexity index is 1330. The fourth-order valence-electron chi connectivity index (χ4n) is 4.38. The summed E-state index contributed by atoms with van der Waals surface area (Å²) in [5, 5.41) is 21.5. The Morgan fingerprint density at radius 1 is 1.20 bits per heavy atom. The van der Waals surface area contributed by atoms with E-state index in [2.05, 4.69) is 0 Å². The summed E-state index contributed by atoms with van der Waals surface area (Å²) in [4.78, 5) is 27.8. The molecule has 8 heteroatoms. The Hall–Kier alpha value is -3.71. The molecule has 2 aromatic carbocycles. The van der Waals surface area contributed by atoms with E-state index in [4.69, 9.17) is 20.8 Å². The van der Waals surface area contributed by atoms with Crippen molar-refractivity contribution in [3.8, 4) is 11.5 Å². The van der Waals surface area contributed by atoms with E-state index in [1.165, 1.54) is 23.3 Å². The Morgan fingerprint density at radius 2 is 1.94 bits per heavy atom. The number of phenolic OH excluding ortho intramolecular Hbond substituents is 1. The summed E-state index contributed by atoms with van der Waals surface area (Å²) in [5.41, 5.74) is 2.37. The molecule has 3 aromatic rings. The van der Waals surface area contributed by atoms with Gasteiger partial charge in [-0.05, 0) is 65.9 Å². The van der Waals surface area contributed by atoms with E-state index in [0.29, 0.717) is 28.2 Å². The van der Waals surface area contributed by atoms with E-state index >= 15 is 0 Å². The van der Waals surface area contributed by atoms with E-state index in [0.717, 1.165) is 5.56 Å². The summed E-state index contributed by atoms with van der Waals surface area (Å²) in [7, 11) is 1.58. The lowest BCUT2D eigenvalue weighted by Crippen LogP contribution is -2.29.